The fraction of sp³-hybridized carbons (Fsp3) is 0.115. The van der Waals surface area contributed by atoms with Gasteiger partial charge in [-0.15, -0.1) is 0 Å². The average molecular weight is 554 g/mol. The summed E-state index contributed by atoms with van der Waals surface area (Å²) in [5.41, 5.74) is 2.09. The molecule has 2 amide bonds. The van der Waals surface area contributed by atoms with Gasteiger partial charge in [0, 0.05) is 30.3 Å². The number of halogens is 2. The van der Waals surface area contributed by atoms with Crippen molar-refractivity contribution in [2.75, 3.05) is 17.7 Å². The third-order valence-corrected chi connectivity index (χ3v) is 6.10. The number of hydrogen-bond donors (Lipinski definition) is 4. The Kier molecular flexibility index (Phi) is 8.25. The highest BCUT2D eigenvalue weighted by atomic mass is 35.5. The van der Waals surface area contributed by atoms with Gasteiger partial charge < -0.3 is 25.6 Å². The Morgan fingerprint density at radius 1 is 0.974 bits per heavy atom. The van der Waals surface area contributed by atoms with Gasteiger partial charge in [-0.1, -0.05) is 47.5 Å². The van der Waals surface area contributed by atoms with Crippen LogP contribution in [-0.2, 0) is 11.2 Å². The van der Waals surface area contributed by atoms with Crippen molar-refractivity contribution in [2.45, 2.75) is 12.5 Å². The molecule has 12 heteroatoms. The van der Waals surface area contributed by atoms with Gasteiger partial charge in [-0.05, 0) is 53.2 Å². The third-order valence-electron chi connectivity index (χ3n) is 5.47. The van der Waals surface area contributed by atoms with E-state index in [0.29, 0.717) is 28.3 Å². The van der Waals surface area contributed by atoms with Crippen LogP contribution in [0.1, 0.15) is 26.3 Å². The van der Waals surface area contributed by atoms with Crippen LogP contribution in [0.2, 0.25) is 10.0 Å². The van der Waals surface area contributed by atoms with Crippen LogP contribution < -0.4 is 16.0 Å². The van der Waals surface area contributed by atoms with Crippen LogP contribution in [0.3, 0.4) is 0 Å². The molecule has 4 N–H and O–H groups in total. The summed E-state index contributed by atoms with van der Waals surface area (Å²) in [6.45, 7) is 0. The quantitative estimate of drug-likeness (QED) is 0.232. The zero-order valence-corrected chi connectivity index (χ0v) is 21.4. The Morgan fingerprint density at radius 2 is 1.66 bits per heavy atom. The van der Waals surface area contributed by atoms with E-state index in [1.54, 1.807) is 61.6 Å². The predicted molar refractivity (Wildman–Crippen MR) is 143 cm³/mol. The standard InChI is InChI=1S/C26H21Cl2N5O5/c1-29-26-32-24(38-33-26)16-5-2-4-15(13-16)22(34)30-17-10-8-14(9-11-17)12-20(25(36)37)31-23(35)21-18(27)6-3-7-19(21)28/h2-11,13,20H,12H2,1H3,(H,29,33)(H,30,34)(H,31,35)(H,36,37)/t20-/m0/s1. The summed E-state index contributed by atoms with van der Waals surface area (Å²) in [7, 11) is 1.67. The first-order valence-electron chi connectivity index (χ1n) is 11.2. The molecule has 0 radical (unpaired) electrons. The summed E-state index contributed by atoms with van der Waals surface area (Å²) in [5.74, 6) is -1.68. The van der Waals surface area contributed by atoms with E-state index in [1.165, 1.54) is 12.1 Å². The maximum absolute atomic E-state index is 12.8. The Hall–Kier alpha value is -4.41. The van der Waals surface area contributed by atoms with E-state index in [-0.39, 0.29) is 33.8 Å². The van der Waals surface area contributed by atoms with Gasteiger partial charge in [-0.3, -0.25) is 9.59 Å². The first kappa shape index (κ1) is 26.6. The molecule has 10 nitrogen and oxygen atoms in total. The second-order valence-electron chi connectivity index (χ2n) is 8.07. The zero-order valence-electron chi connectivity index (χ0n) is 19.9. The van der Waals surface area contributed by atoms with E-state index in [0.717, 1.165) is 0 Å². The number of nitrogens with one attached hydrogen (secondary N) is 3. The van der Waals surface area contributed by atoms with Crippen LogP contribution in [0.4, 0.5) is 11.6 Å². The summed E-state index contributed by atoms with van der Waals surface area (Å²) in [4.78, 5) is 41.4. The lowest BCUT2D eigenvalue weighted by molar-refractivity contribution is -0.139. The van der Waals surface area contributed by atoms with Gasteiger partial charge in [0.25, 0.3) is 23.7 Å². The molecule has 0 spiro atoms. The number of carboxylic acid groups (broad SMARTS) is 1. The summed E-state index contributed by atoms with van der Waals surface area (Å²) in [5, 5.41) is 21.6. The van der Waals surface area contributed by atoms with E-state index in [9.17, 15) is 19.5 Å². The fourth-order valence-electron chi connectivity index (χ4n) is 3.54. The summed E-state index contributed by atoms with van der Waals surface area (Å²) in [6, 6.07) is 16.7. The number of carbonyl (C=O) groups excluding carboxylic acids is 2. The maximum Gasteiger partial charge on any atom is 0.326 e. The van der Waals surface area contributed by atoms with Gasteiger partial charge in [0.1, 0.15) is 6.04 Å². The molecule has 0 aliphatic carbocycles. The molecule has 1 aromatic heterocycles. The minimum atomic E-state index is -1.23. The van der Waals surface area contributed by atoms with Gasteiger partial charge in [-0.2, -0.15) is 4.98 Å². The molecule has 0 unspecified atom stereocenters. The molecule has 1 heterocycles. The predicted octanol–water partition coefficient (Wildman–Crippen LogP) is 4.76. The first-order valence-corrected chi connectivity index (χ1v) is 12.0. The topological polar surface area (TPSA) is 146 Å². The average Bonchev–Trinajstić information content (AvgIpc) is 3.39. The fourth-order valence-corrected chi connectivity index (χ4v) is 4.11. The number of carbonyl (C=O) groups is 3. The number of anilines is 2. The van der Waals surface area contributed by atoms with Crippen molar-refractivity contribution >= 4 is 52.6 Å². The first-order chi connectivity index (χ1) is 18.2. The van der Waals surface area contributed by atoms with Crippen LogP contribution in [0, 0.1) is 0 Å². The number of amides is 2. The lowest BCUT2D eigenvalue weighted by atomic mass is 10.0. The van der Waals surface area contributed by atoms with Gasteiger partial charge >= 0.3 is 5.97 Å². The molecule has 0 aliphatic heterocycles. The van der Waals surface area contributed by atoms with Gasteiger partial charge in [0.2, 0.25) is 0 Å². The van der Waals surface area contributed by atoms with Crippen molar-refractivity contribution in [1.29, 1.82) is 0 Å². The third kappa shape index (κ3) is 6.28. The maximum atomic E-state index is 12.8. The van der Waals surface area contributed by atoms with Crippen LogP contribution in [-0.4, -0.2) is 46.1 Å². The van der Waals surface area contributed by atoms with E-state index < -0.39 is 17.9 Å². The number of nitrogens with zero attached hydrogens (tertiary/aromatic N) is 2. The van der Waals surface area contributed by atoms with E-state index in [2.05, 4.69) is 26.1 Å². The Bertz CT molecular complexity index is 1470. The highest BCUT2D eigenvalue weighted by molar-refractivity contribution is 6.39. The second kappa shape index (κ2) is 11.8. The van der Waals surface area contributed by atoms with Gasteiger partial charge in [0.15, 0.2) is 0 Å². The van der Waals surface area contributed by atoms with Crippen molar-refractivity contribution in [1.82, 2.24) is 15.5 Å². The van der Waals surface area contributed by atoms with Crippen LogP contribution in [0.5, 0.6) is 0 Å². The molecule has 0 saturated carbocycles. The minimum Gasteiger partial charge on any atom is -0.480 e. The number of hydrogen-bond acceptors (Lipinski definition) is 7. The van der Waals surface area contributed by atoms with Crippen molar-refractivity contribution in [2.24, 2.45) is 0 Å². The monoisotopic (exact) mass is 553 g/mol. The van der Waals surface area contributed by atoms with Gasteiger partial charge in [0.05, 0.1) is 15.6 Å². The summed E-state index contributed by atoms with van der Waals surface area (Å²) >= 11 is 12.1. The Morgan fingerprint density at radius 3 is 2.29 bits per heavy atom. The van der Waals surface area contributed by atoms with Crippen molar-refractivity contribution in [3.8, 4) is 11.5 Å². The van der Waals surface area contributed by atoms with Gasteiger partial charge in [-0.25, -0.2) is 4.79 Å². The van der Waals surface area contributed by atoms with E-state index >= 15 is 0 Å². The van der Waals surface area contributed by atoms with Crippen LogP contribution >= 0.6 is 23.2 Å². The van der Waals surface area contributed by atoms with Crippen molar-refractivity contribution in [3.63, 3.8) is 0 Å². The number of benzene rings is 3. The van der Waals surface area contributed by atoms with Crippen LogP contribution in [0.25, 0.3) is 11.5 Å². The largest absolute Gasteiger partial charge is 0.480 e. The summed E-state index contributed by atoms with van der Waals surface area (Å²) < 4.78 is 5.18. The number of aliphatic carboxylic acids is 1. The molecule has 0 aliphatic rings. The smallest absolute Gasteiger partial charge is 0.326 e. The highest BCUT2D eigenvalue weighted by Gasteiger charge is 2.24. The van der Waals surface area contributed by atoms with E-state index in [4.69, 9.17) is 27.7 Å². The highest BCUT2D eigenvalue weighted by Crippen LogP contribution is 2.24. The molecule has 194 valence electrons. The minimum absolute atomic E-state index is 0.00178. The van der Waals surface area contributed by atoms with Crippen molar-refractivity contribution < 1.29 is 24.0 Å². The zero-order chi connectivity index (χ0) is 27.2. The molecule has 4 rings (SSSR count). The molecule has 3 aromatic carbocycles. The molecule has 0 bridgehead atoms. The van der Waals surface area contributed by atoms with E-state index in [1.807, 2.05) is 0 Å². The normalized spacial score (nSPS) is 11.4. The lowest BCUT2D eigenvalue weighted by Gasteiger charge is -2.16. The molecule has 0 fully saturated rings. The molecule has 0 saturated heterocycles. The number of rotatable bonds is 9. The lowest BCUT2D eigenvalue weighted by Crippen LogP contribution is -2.42. The molecule has 1 atom stereocenters. The Labute approximate surface area is 227 Å². The SMILES string of the molecule is CNc1noc(-c2cccc(C(=O)Nc3ccc(C[C@H](NC(=O)c4c(Cl)cccc4Cl)C(=O)O)cc3)c2)n1. The molecular weight excluding hydrogens is 533 g/mol. The molecular formula is C26H21Cl2N5O5. The Balaban J connectivity index is 1.41. The number of carboxylic acids is 1. The summed E-state index contributed by atoms with van der Waals surface area (Å²) in [6.07, 6.45) is -0.00178. The second-order valence-corrected chi connectivity index (χ2v) is 8.88. The molecule has 4 aromatic rings. The number of aromatic nitrogens is 2. The molecule has 38 heavy (non-hydrogen) atoms. The van der Waals surface area contributed by atoms with Crippen LogP contribution in [0.15, 0.2) is 71.3 Å². The van der Waals surface area contributed by atoms with Crippen molar-refractivity contribution in [3.05, 3.63) is 93.5 Å².